The minimum Gasteiger partial charge on any atom is -0.391 e. The van der Waals surface area contributed by atoms with E-state index < -0.39 is 23.9 Å². The molecule has 6 nitrogen and oxygen atoms in total. The van der Waals surface area contributed by atoms with Gasteiger partial charge in [0, 0.05) is 6.54 Å². The molecule has 0 aliphatic carbocycles. The Kier molecular flexibility index (Phi) is 3.60. The summed E-state index contributed by atoms with van der Waals surface area (Å²) >= 11 is 0. The molecule has 3 aromatic rings. The third kappa shape index (κ3) is 2.80. The van der Waals surface area contributed by atoms with Gasteiger partial charge in [-0.2, -0.15) is 17.7 Å². The molecule has 4 rings (SSSR count). The lowest BCUT2D eigenvalue weighted by Crippen LogP contribution is -2.27. The van der Waals surface area contributed by atoms with Gasteiger partial charge in [0.05, 0.1) is 17.7 Å². The molecule has 2 unspecified atom stereocenters. The molecule has 3 heterocycles. The lowest BCUT2D eigenvalue weighted by molar-refractivity contribution is -0.138. The van der Waals surface area contributed by atoms with Crippen molar-refractivity contribution in [2.45, 2.75) is 24.7 Å². The van der Waals surface area contributed by atoms with Crippen LogP contribution in [0, 0.1) is 0 Å². The summed E-state index contributed by atoms with van der Waals surface area (Å²) in [5.74, 6) is 0.464. The van der Waals surface area contributed by atoms with Crippen molar-refractivity contribution in [1.82, 2.24) is 19.8 Å². The largest absolute Gasteiger partial charge is 0.416 e. The maximum atomic E-state index is 13.4. The number of benzene rings is 1. The molecule has 1 aliphatic heterocycles. The number of hydrogen-bond donors (Lipinski definition) is 1. The Balaban J connectivity index is 1.78. The van der Waals surface area contributed by atoms with Gasteiger partial charge in [0.25, 0.3) is 0 Å². The van der Waals surface area contributed by atoms with Crippen molar-refractivity contribution >= 4 is 11.5 Å². The second-order valence-corrected chi connectivity index (χ2v) is 5.97. The van der Waals surface area contributed by atoms with E-state index in [9.17, 15) is 18.3 Å². The number of aliphatic hydroxyl groups excluding tert-OH is 1. The zero-order valence-corrected chi connectivity index (χ0v) is 12.9. The van der Waals surface area contributed by atoms with Gasteiger partial charge in [-0.1, -0.05) is 18.2 Å². The molecule has 1 fully saturated rings. The Morgan fingerprint density at radius 2 is 1.92 bits per heavy atom. The van der Waals surface area contributed by atoms with Crippen LogP contribution in [0.25, 0.3) is 5.65 Å². The first kappa shape index (κ1) is 15.8. The minimum atomic E-state index is -4.46. The second kappa shape index (κ2) is 5.69. The summed E-state index contributed by atoms with van der Waals surface area (Å²) in [7, 11) is 0. The first-order valence-electron chi connectivity index (χ1n) is 7.71. The predicted octanol–water partition coefficient (Wildman–Crippen LogP) is 2.46. The summed E-state index contributed by atoms with van der Waals surface area (Å²) < 4.78 is 41.6. The molecule has 0 saturated carbocycles. The average Bonchev–Trinajstić information content (AvgIpc) is 3.19. The molecule has 1 N–H and O–H groups in total. The van der Waals surface area contributed by atoms with Gasteiger partial charge >= 0.3 is 6.18 Å². The van der Waals surface area contributed by atoms with Gasteiger partial charge < -0.3 is 10.0 Å². The minimum absolute atomic E-state index is 0.136. The Hall–Kier alpha value is -2.68. The fourth-order valence-corrected chi connectivity index (χ4v) is 3.28. The number of aliphatic hydroxyl groups is 1. The number of β-amino-alcohol motifs (C(OH)–C–C–N with tert-alkyl or cyclic N) is 1. The van der Waals surface area contributed by atoms with Gasteiger partial charge in [0.2, 0.25) is 0 Å². The summed E-state index contributed by atoms with van der Waals surface area (Å²) in [6, 6.07) is 8.20. The van der Waals surface area contributed by atoms with E-state index in [-0.39, 0.29) is 18.5 Å². The Morgan fingerprint density at radius 3 is 2.72 bits per heavy atom. The standard InChI is InChI=1S/C16H14F3N5O/c17-16(18,19)12-4-2-1-3-11(12)13-7-10(25)8-23(13)15-6-5-14-21-20-9-24(14)22-15/h1-6,9-10,13,25H,7-8H2. The smallest absolute Gasteiger partial charge is 0.391 e. The number of rotatable bonds is 2. The molecule has 2 atom stereocenters. The molecule has 1 saturated heterocycles. The molecule has 0 radical (unpaired) electrons. The van der Waals surface area contributed by atoms with Crippen LogP contribution in [0.4, 0.5) is 19.0 Å². The highest BCUT2D eigenvalue weighted by Crippen LogP contribution is 2.41. The number of fused-ring (bicyclic) bond motifs is 1. The van der Waals surface area contributed by atoms with Crippen molar-refractivity contribution in [1.29, 1.82) is 0 Å². The molecule has 25 heavy (non-hydrogen) atoms. The summed E-state index contributed by atoms with van der Waals surface area (Å²) in [6.45, 7) is 0.206. The molecular formula is C16H14F3N5O. The number of nitrogens with zero attached hydrogens (tertiary/aromatic N) is 5. The topological polar surface area (TPSA) is 66.5 Å². The van der Waals surface area contributed by atoms with Gasteiger partial charge in [-0.3, -0.25) is 0 Å². The Bertz CT molecular complexity index is 910. The molecule has 1 aliphatic rings. The van der Waals surface area contributed by atoms with Crippen molar-refractivity contribution < 1.29 is 18.3 Å². The Labute approximate surface area is 140 Å². The van der Waals surface area contributed by atoms with Crippen LogP contribution in [0.5, 0.6) is 0 Å². The maximum Gasteiger partial charge on any atom is 0.416 e. The van der Waals surface area contributed by atoms with E-state index in [1.807, 2.05) is 0 Å². The normalized spacial score (nSPS) is 21.2. The second-order valence-electron chi connectivity index (χ2n) is 5.97. The van der Waals surface area contributed by atoms with E-state index in [0.717, 1.165) is 6.07 Å². The summed E-state index contributed by atoms with van der Waals surface area (Å²) in [6.07, 6.45) is -3.56. The summed E-state index contributed by atoms with van der Waals surface area (Å²) in [5, 5.41) is 22.0. The molecule has 0 spiro atoms. The van der Waals surface area contributed by atoms with E-state index >= 15 is 0 Å². The van der Waals surface area contributed by atoms with Crippen LogP contribution < -0.4 is 4.90 Å². The third-order valence-corrected chi connectivity index (χ3v) is 4.35. The van der Waals surface area contributed by atoms with Crippen molar-refractivity contribution in [3.8, 4) is 0 Å². The van der Waals surface area contributed by atoms with Gasteiger partial charge in [-0.25, -0.2) is 0 Å². The number of hydrogen-bond acceptors (Lipinski definition) is 5. The average molecular weight is 349 g/mol. The number of alkyl halides is 3. The van der Waals surface area contributed by atoms with Gasteiger partial charge in [0.1, 0.15) is 12.1 Å². The van der Waals surface area contributed by atoms with E-state index in [2.05, 4.69) is 15.3 Å². The monoisotopic (exact) mass is 349 g/mol. The highest BCUT2D eigenvalue weighted by Gasteiger charge is 2.40. The molecular weight excluding hydrogens is 335 g/mol. The number of aromatic nitrogens is 4. The lowest BCUT2D eigenvalue weighted by atomic mass is 9.97. The van der Waals surface area contributed by atoms with E-state index in [1.165, 1.54) is 23.0 Å². The van der Waals surface area contributed by atoms with Crippen LogP contribution in [-0.2, 0) is 6.18 Å². The van der Waals surface area contributed by atoms with Gasteiger partial charge in [-0.05, 0) is 30.2 Å². The van der Waals surface area contributed by atoms with Crippen LogP contribution in [0.2, 0.25) is 0 Å². The first-order chi connectivity index (χ1) is 11.9. The summed E-state index contributed by atoms with van der Waals surface area (Å²) in [4.78, 5) is 1.69. The van der Waals surface area contributed by atoms with Crippen molar-refractivity contribution in [3.05, 3.63) is 53.9 Å². The van der Waals surface area contributed by atoms with E-state index in [1.54, 1.807) is 23.1 Å². The zero-order valence-electron chi connectivity index (χ0n) is 12.9. The molecule has 1 aromatic carbocycles. The molecule has 0 bridgehead atoms. The highest BCUT2D eigenvalue weighted by atomic mass is 19.4. The van der Waals surface area contributed by atoms with Crippen LogP contribution in [-0.4, -0.2) is 37.6 Å². The van der Waals surface area contributed by atoms with E-state index in [0.29, 0.717) is 11.5 Å². The third-order valence-electron chi connectivity index (χ3n) is 4.35. The molecule has 2 aromatic heterocycles. The van der Waals surface area contributed by atoms with Crippen LogP contribution in [0.1, 0.15) is 23.6 Å². The fourth-order valence-electron chi connectivity index (χ4n) is 3.28. The van der Waals surface area contributed by atoms with Gasteiger partial charge in [0.15, 0.2) is 5.65 Å². The fraction of sp³-hybridized carbons (Fsp3) is 0.312. The van der Waals surface area contributed by atoms with Crippen molar-refractivity contribution in [3.63, 3.8) is 0 Å². The zero-order chi connectivity index (χ0) is 17.6. The number of anilines is 1. The highest BCUT2D eigenvalue weighted by molar-refractivity contribution is 5.49. The Morgan fingerprint density at radius 1 is 1.12 bits per heavy atom. The van der Waals surface area contributed by atoms with Crippen LogP contribution in [0.3, 0.4) is 0 Å². The lowest BCUT2D eigenvalue weighted by Gasteiger charge is -2.27. The van der Waals surface area contributed by atoms with Crippen LogP contribution >= 0.6 is 0 Å². The summed E-state index contributed by atoms with van der Waals surface area (Å²) in [5.41, 5.74) is -0.0163. The van der Waals surface area contributed by atoms with Crippen molar-refractivity contribution in [2.75, 3.05) is 11.4 Å². The van der Waals surface area contributed by atoms with Crippen LogP contribution in [0.15, 0.2) is 42.7 Å². The number of halogens is 3. The quantitative estimate of drug-likeness (QED) is 0.770. The predicted molar refractivity (Wildman–Crippen MR) is 82.9 cm³/mol. The molecule has 9 heteroatoms. The SMILES string of the molecule is OC1CC(c2ccccc2C(F)(F)F)N(c2ccc3nncn3n2)C1. The first-order valence-corrected chi connectivity index (χ1v) is 7.71. The maximum absolute atomic E-state index is 13.4. The molecule has 130 valence electrons. The van der Waals surface area contributed by atoms with Gasteiger partial charge in [-0.15, -0.1) is 15.3 Å². The van der Waals surface area contributed by atoms with Crippen molar-refractivity contribution in [2.24, 2.45) is 0 Å². The molecule has 0 amide bonds. The van der Waals surface area contributed by atoms with E-state index in [4.69, 9.17) is 0 Å².